The lowest BCUT2D eigenvalue weighted by atomic mass is 10.2. The molecule has 26 heavy (non-hydrogen) atoms. The van der Waals surface area contributed by atoms with Gasteiger partial charge in [-0.3, -0.25) is 14.8 Å². The molecule has 3 aromatic rings. The second-order valence-corrected chi connectivity index (χ2v) is 5.22. The van der Waals surface area contributed by atoms with E-state index in [9.17, 15) is 14.7 Å². The molecule has 0 atom stereocenters. The highest BCUT2D eigenvalue weighted by atomic mass is 35.5. The molecule has 3 amide bonds. The largest absolute Gasteiger partial charge is 0.506 e. The molecular weight excluding hydrogens is 358 g/mol. The van der Waals surface area contributed by atoms with Gasteiger partial charge in [0.25, 0.3) is 0 Å². The van der Waals surface area contributed by atoms with E-state index in [0.29, 0.717) is 22.4 Å². The molecular formula is C17H16ClN5O3. The molecule has 2 aromatic heterocycles. The fraction of sp³-hybridized carbons (Fsp3) is 0.0588. The number of phenolic OH excluding ortho intramolecular Hbond substituents is 1. The third-order valence-corrected chi connectivity index (χ3v) is 3.31. The van der Waals surface area contributed by atoms with E-state index in [1.54, 1.807) is 36.7 Å². The zero-order chi connectivity index (χ0) is 17.8. The van der Waals surface area contributed by atoms with Gasteiger partial charge in [-0.15, -0.1) is 12.4 Å². The molecule has 0 fully saturated rings. The molecule has 0 bridgehead atoms. The summed E-state index contributed by atoms with van der Waals surface area (Å²) in [5, 5.41) is 17.7. The Bertz CT molecular complexity index is 959. The standard InChI is InChI=1S/C17H15N5O3.ClH/c1-10(23)20-12-5-4-11(9-15(12)24)21-17(25)22-14-6-8-18-13-3-2-7-19-16(13)14;/h2-9,24H,1H3,(H,20,23)(H2,18,21,22,25);1H. The summed E-state index contributed by atoms with van der Waals surface area (Å²) >= 11 is 0. The Morgan fingerprint density at radius 1 is 0.962 bits per heavy atom. The number of nitrogens with zero attached hydrogens (tertiary/aromatic N) is 2. The molecule has 4 N–H and O–H groups in total. The normalized spacial score (nSPS) is 9.88. The first kappa shape index (κ1) is 18.9. The molecule has 1 aromatic carbocycles. The van der Waals surface area contributed by atoms with Crippen LogP contribution in [0.15, 0.2) is 48.8 Å². The fourth-order valence-electron chi connectivity index (χ4n) is 2.27. The van der Waals surface area contributed by atoms with Crippen molar-refractivity contribution in [2.75, 3.05) is 16.0 Å². The number of hydrogen-bond donors (Lipinski definition) is 4. The summed E-state index contributed by atoms with van der Waals surface area (Å²) in [7, 11) is 0. The van der Waals surface area contributed by atoms with Gasteiger partial charge in [-0.25, -0.2) is 4.79 Å². The Kier molecular flexibility index (Phi) is 5.92. The van der Waals surface area contributed by atoms with Crippen LogP contribution in [-0.2, 0) is 4.79 Å². The van der Waals surface area contributed by atoms with Crippen molar-refractivity contribution in [3.05, 3.63) is 48.8 Å². The quantitative estimate of drug-likeness (QED) is 0.525. The molecule has 3 rings (SSSR count). The molecule has 8 nitrogen and oxygen atoms in total. The maximum absolute atomic E-state index is 12.2. The zero-order valence-corrected chi connectivity index (χ0v) is 14.5. The van der Waals surface area contributed by atoms with Crippen molar-refractivity contribution in [3.8, 4) is 5.75 Å². The third kappa shape index (κ3) is 4.37. The molecule has 0 saturated carbocycles. The Balaban J connectivity index is 0.00000243. The molecule has 0 spiro atoms. The van der Waals surface area contributed by atoms with E-state index >= 15 is 0 Å². The first-order chi connectivity index (χ1) is 12.0. The van der Waals surface area contributed by atoms with Gasteiger partial charge in [-0.05, 0) is 30.3 Å². The van der Waals surface area contributed by atoms with E-state index < -0.39 is 6.03 Å². The molecule has 0 aliphatic carbocycles. The molecule has 0 radical (unpaired) electrons. The van der Waals surface area contributed by atoms with Crippen LogP contribution in [0.3, 0.4) is 0 Å². The molecule has 0 aliphatic rings. The Morgan fingerprint density at radius 3 is 2.50 bits per heavy atom. The van der Waals surface area contributed by atoms with Gasteiger partial charge in [0, 0.05) is 31.1 Å². The van der Waals surface area contributed by atoms with E-state index in [0.717, 1.165) is 0 Å². The second-order valence-electron chi connectivity index (χ2n) is 5.22. The maximum atomic E-state index is 12.2. The van der Waals surface area contributed by atoms with Crippen molar-refractivity contribution in [1.82, 2.24) is 9.97 Å². The van der Waals surface area contributed by atoms with E-state index in [1.165, 1.54) is 19.1 Å². The van der Waals surface area contributed by atoms with E-state index in [-0.39, 0.29) is 29.8 Å². The Labute approximate surface area is 155 Å². The topological polar surface area (TPSA) is 116 Å². The number of aromatic nitrogens is 2. The number of phenols is 1. The van der Waals surface area contributed by atoms with Crippen molar-refractivity contribution in [3.63, 3.8) is 0 Å². The van der Waals surface area contributed by atoms with Crippen LogP contribution in [0.2, 0.25) is 0 Å². The van der Waals surface area contributed by atoms with E-state index in [1.807, 2.05) is 0 Å². The second kappa shape index (κ2) is 8.13. The number of aromatic hydroxyl groups is 1. The predicted octanol–water partition coefficient (Wildman–Crippen LogP) is 3.36. The van der Waals surface area contributed by atoms with E-state index in [4.69, 9.17) is 0 Å². The van der Waals surface area contributed by atoms with Gasteiger partial charge in [0.05, 0.1) is 16.9 Å². The number of carbonyl (C=O) groups is 2. The fourth-order valence-corrected chi connectivity index (χ4v) is 2.27. The van der Waals surface area contributed by atoms with Crippen LogP contribution in [0.25, 0.3) is 11.0 Å². The van der Waals surface area contributed by atoms with Gasteiger partial charge in [-0.2, -0.15) is 0 Å². The van der Waals surface area contributed by atoms with Crippen LogP contribution in [-0.4, -0.2) is 27.0 Å². The SMILES string of the molecule is CC(=O)Nc1ccc(NC(=O)Nc2ccnc3cccnc23)cc1O.Cl. The van der Waals surface area contributed by atoms with Crippen LogP contribution in [0.1, 0.15) is 6.92 Å². The minimum atomic E-state index is -0.496. The number of amides is 3. The first-order valence-electron chi connectivity index (χ1n) is 7.41. The molecule has 0 saturated heterocycles. The monoisotopic (exact) mass is 373 g/mol. The summed E-state index contributed by atoms with van der Waals surface area (Å²) < 4.78 is 0. The summed E-state index contributed by atoms with van der Waals surface area (Å²) in [5.74, 6) is -0.449. The average Bonchev–Trinajstić information content (AvgIpc) is 2.57. The summed E-state index contributed by atoms with van der Waals surface area (Å²) in [6.07, 6.45) is 3.19. The number of urea groups is 1. The van der Waals surface area contributed by atoms with Gasteiger partial charge in [0.15, 0.2) is 0 Å². The van der Waals surface area contributed by atoms with Crippen LogP contribution < -0.4 is 16.0 Å². The number of halogens is 1. The number of fused-ring (bicyclic) bond motifs is 1. The van der Waals surface area contributed by atoms with E-state index in [2.05, 4.69) is 25.9 Å². The summed E-state index contributed by atoms with van der Waals surface area (Å²) in [6.45, 7) is 1.34. The van der Waals surface area contributed by atoms with Gasteiger partial charge in [0.1, 0.15) is 11.3 Å². The predicted molar refractivity (Wildman–Crippen MR) is 102 cm³/mol. The van der Waals surface area contributed by atoms with Crippen molar-refractivity contribution in [2.24, 2.45) is 0 Å². The molecule has 9 heteroatoms. The number of benzene rings is 1. The van der Waals surface area contributed by atoms with Gasteiger partial charge >= 0.3 is 6.03 Å². The Hall–Kier alpha value is -3.39. The number of carbonyl (C=O) groups excluding carboxylic acids is 2. The van der Waals surface area contributed by atoms with Crippen LogP contribution in [0.4, 0.5) is 21.9 Å². The average molecular weight is 374 g/mol. The number of hydrogen-bond acceptors (Lipinski definition) is 5. The highest BCUT2D eigenvalue weighted by Gasteiger charge is 2.09. The lowest BCUT2D eigenvalue weighted by molar-refractivity contribution is -0.114. The number of pyridine rings is 2. The van der Waals surface area contributed by atoms with Crippen molar-refractivity contribution >= 4 is 52.4 Å². The van der Waals surface area contributed by atoms with Gasteiger partial charge < -0.3 is 21.1 Å². The summed E-state index contributed by atoms with van der Waals surface area (Å²) in [6, 6.07) is 9.11. The first-order valence-corrected chi connectivity index (χ1v) is 7.41. The third-order valence-electron chi connectivity index (χ3n) is 3.31. The summed E-state index contributed by atoms with van der Waals surface area (Å²) in [5.41, 5.74) is 2.39. The minimum absolute atomic E-state index is 0. The van der Waals surface area contributed by atoms with Crippen molar-refractivity contribution < 1.29 is 14.7 Å². The smallest absolute Gasteiger partial charge is 0.323 e. The summed E-state index contributed by atoms with van der Waals surface area (Å²) in [4.78, 5) is 31.6. The lowest BCUT2D eigenvalue weighted by Crippen LogP contribution is -2.19. The van der Waals surface area contributed by atoms with Crippen LogP contribution in [0.5, 0.6) is 5.75 Å². The molecule has 134 valence electrons. The number of anilines is 3. The van der Waals surface area contributed by atoms with Crippen LogP contribution >= 0.6 is 12.4 Å². The van der Waals surface area contributed by atoms with Gasteiger partial charge in [-0.1, -0.05) is 0 Å². The number of rotatable bonds is 3. The molecule has 0 unspecified atom stereocenters. The maximum Gasteiger partial charge on any atom is 0.323 e. The Morgan fingerprint density at radius 2 is 1.77 bits per heavy atom. The van der Waals surface area contributed by atoms with Crippen molar-refractivity contribution in [1.29, 1.82) is 0 Å². The van der Waals surface area contributed by atoms with Crippen molar-refractivity contribution in [2.45, 2.75) is 6.92 Å². The minimum Gasteiger partial charge on any atom is -0.506 e. The highest BCUT2D eigenvalue weighted by molar-refractivity contribution is 6.04. The highest BCUT2D eigenvalue weighted by Crippen LogP contribution is 2.27. The van der Waals surface area contributed by atoms with Crippen LogP contribution in [0, 0.1) is 0 Å². The zero-order valence-electron chi connectivity index (χ0n) is 13.7. The molecule has 2 heterocycles. The number of nitrogens with one attached hydrogen (secondary N) is 3. The van der Waals surface area contributed by atoms with Gasteiger partial charge in [0.2, 0.25) is 5.91 Å². The lowest BCUT2D eigenvalue weighted by Gasteiger charge is -2.11. The molecule has 0 aliphatic heterocycles.